The van der Waals surface area contributed by atoms with Crippen molar-refractivity contribution in [3.05, 3.63) is 44.7 Å². The number of piperidine rings is 1. The summed E-state index contributed by atoms with van der Waals surface area (Å²) < 4.78 is 29.8. The van der Waals surface area contributed by atoms with Crippen LogP contribution in [0.4, 0.5) is 11.6 Å². The van der Waals surface area contributed by atoms with E-state index in [2.05, 4.69) is 9.71 Å². The Morgan fingerprint density at radius 2 is 1.94 bits per heavy atom. The van der Waals surface area contributed by atoms with Crippen molar-refractivity contribution in [2.24, 2.45) is 5.92 Å². The van der Waals surface area contributed by atoms with Crippen molar-refractivity contribution >= 4 is 50.8 Å². The van der Waals surface area contributed by atoms with Crippen molar-refractivity contribution in [3.8, 4) is 0 Å². The van der Waals surface area contributed by atoms with Crippen molar-refractivity contribution in [2.75, 3.05) is 25.4 Å². The number of likely N-dealkylation sites (tertiary alicyclic amines) is 1. The van der Waals surface area contributed by atoms with E-state index in [1.54, 1.807) is 0 Å². The van der Waals surface area contributed by atoms with Crippen molar-refractivity contribution in [3.63, 3.8) is 0 Å². The van der Waals surface area contributed by atoms with E-state index in [4.69, 9.17) is 28.9 Å². The van der Waals surface area contributed by atoms with Gasteiger partial charge in [0.05, 0.1) is 27.2 Å². The molecule has 186 valence electrons. The minimum absolute atomic E-state index is 0.0149. The second kappa shape index (κ2) is 10.9. The van der Waals surface area contributed by atoms with Gasteiger partial charge in [0.25, 0.3) is 0 Å². The number of nitrogen functional groups attached to an aromatic ring is 1. The van der Waals surface area contributed by atoms with Crippen molar-refractivity contribution in [1.29, 1.82) is 0 Å². The number of aromatic nitrogens is 2. The van der Waals surface area contributed by atoms with Gasteiger partial charge < -0.3 is 25.9 Å². The molecule has 2 aromatic rings. The van der Waals surface area contributed by atoms with Crippen LogP contribution in [0.5, 0.6) is 0 Å². The number of nitro groups is 1. The lowest BCUT2D eigenvalue weighted by Gasteiger charge is -2.33. The highest BCUT2D eigenvalue weighted by molar-refractivity contribution is 7.89. The average molecular weight is 535 g/mol. The number of aliphatic hydroxyl groups excluding tert-OH is 1. The van der Waals surface area contributed by atoms with E-state index in [0.29, 0.717) is 25.9 Å². The Morgan fingerprint density at radius 1 is 1.32 bits per heavy atom. The molecule has 0 spiro atoms. The van der Waals surface area contributed by atoms with Crippen LogP contribution in [0.1, 0.15) is 19.3 Å². The number of sulfonamides is 1. The number of hydrogen-bond acceptors (Lipinski definition) is 8. The first kappa shape index (κ1) is 26.2. The summed E-state index contributed by atoms with van der Waals surface area (Å²) in [5.41, 5.74) is 5.71. The van der Waals surface area contributed by atoms with E-state index in [0.717, 1.165) is 12.1 Å². The number of aliphatic hydroxyl groups is 1. The maximum Gasteiger partial charge on any atom is 0.434 e. The van der Waals surface area contributed by atoms with Crippen LogP contribution in [-0.4, -0.2) is 64.5 Å². The molecule has 0 aliphatic carbocycles. The van der Waals surface area contributed by atoms with E-state index in [1.165, 1.54) is 21.9 Å². The molecule has 1 atom stereocenters. The Morgan fingerprint density at radius 3 is 2.50 bits per heavy atom. The summed E-state index contributed by atoms with van der Waals surface area (Å²) in [6.07, 6.45) is 3.71. The Hall–Kier alpha value is -2.45. The Labute approximate surface area is 205 Å². The molecule has 4 N–H and O–H groups in total. The van der Waals surface area contributed by atoms with Gasteiger partial charge in [-0.05, 0) is 35.8 Å². The van der Waals surface area contributed by atoms with E-state index >= 15 is 0 Å². The molecule has 15 heteroatoms. The molecule has 0 radical (unpaired) electrons. The third-order valence-corrected chi connectivity index (χ3v) is 7.73. The van der Waals surface area contributed by atoms with Gasteiger partial charge in [-0.25, -0.2) is 13.0 Å². The molecule has 2 heterocycles. The van der Waals surface area contributed by atoms with Crippen LogP contribution in [0.25, 0.3) is 0 Å². The topological polar surface area (TPSA) is 174 Å². The van der Waals surface area contributed by atoms with Crippen LogP contribution in [0.2, 0.25) is 10.0 Å². The van der Waals surface area contributed by atoms with Gasteiger partial charge >= 0.3 is 5.95 Å². The Bertz CT molecular complexity index is 1140. The maximum absolute atomic E-state index is 13.3. The average Bonchev–Trinajstić information content (AvgIpc) is 3.28. The van der Waals surface area contributed by atoms with Gasteiger partial charge in [-0.1, -0.05) is 28.2 Å². The molecule has 1 saturated heterocycles. The molecule has 34 heavy (non-hydrogen) atoms. The third-order valence-electron chi connectivity index (χ3n) is 5.66. The van der Waals surface area contributed by atoms with E-state index in [-0.39, 0.29) is 46.1 Å². The van der Waals surface area contributed by atoms with Crippen molar-refractivity contribution < 1.29 is 23.2 Å². The lowest BCUT2D eigenvalue weighted by molar-refractivity contribution is -0.396. The van der Waals surface area contributed by atoms with Crippen LogP contribution in [-0.2, 0) is 21.4 Å². The van der Waals surface area contributed by atoms with Crippen LogP contribution >= 0.6 is 23.2 Å². The number of nitrogens with one attached hydrogen (secondary N) is 1. The summed E-state index contributed by atoms with van der Waals surface area (Å²) in [5, 5.41) is 20.4. The summed E-state index contributed by atoms with van der Waals surface area (Å²) in [7, 11) is -4.26. The lowest BCUT2D eigenvalue weighted by atomic mass is 9.97. The van der Waals surface area contributed by atoms with E-state index in [9.17, 15) is 28.4 Å². The molecule has 12 nitrogen and oxygen atoms in total. The number of imidazole rings is 1. The van der Waals surface area contributed by atoms with Crippen LogP contribution in [0.3, 0.4) is 0 Å². The van der Waals surface area contributed by atoms with Gasteiger partial charge in [0.15, 0.2) is 0 Å². The van der Waals surface area contributed by atoms with Gasteiger partial charge in [0, 0.05) is 26.1 Å². The highest BCUT2D eigenvalue weighted by atomic mass is 35.5. The summed E-state index contributed by atoms with van der Waals surface area (Å²) in [6, 6.07) is 1.02. The number of hydrogen-bond donors (Lipinski definition) is 3. The first-order valence-corrected chi connectivity index (χ1v) is 12.6. The number of rotatable bonds is 9. The predicted molar refractivity (Wildman–Crippen MR) is 125 cm³/mol. The standard InChI is InChI=1S/C19H24Cl2N6O6S/c20-14-9-13(10-15(21)17(14)22)34(32,33)24-16(3-7-26-8-4-23-19(26)27(30)31)18(29)25-5-1-12(11-28)2-6-25/h4,8-10,12,16,24,28H,1-3,5-7,11,22H2. The first-order valence-electron chi connectivity index (χ1n) is 10.4. The fourth-order valence-corrected chi connectivity index (χ4v) is 5.57. The first-order chi connectivity index (χ1) is 16.0. The third kappa shape index (κ3) is 5.96. The monoisotopic (exact) mass is 534 g/mol. The van der Waals surface area contributed by atoms with Gasteiger partial charge in [-0.2, -0.15) is 4.72 Å². The van der Waals surface area contributed by atoms with Gasteiger partial charge in [0.1, 0.15) is 18.4 Å². The zero-order chi connectivity index (χ0) is 25.0. The normalized spacial score (nSPS) is 15.9. The minimum atomic E-state index is -4.26. The second-order valence-electron chi connectivity index (χ2n) is 7.89. The van der Waals surface area contributed by atoms with Crippen LogP contribution in [0, 0.1) is 16.0 Å². The fraction of sp³-hybridized carbons (Fsp3) is 0.474. The smallest absolute Gasteiger partial charge is 0.396 e. The van der Waals surface area contributed by atoms with Crippen molar-refractivity contribution in [1.82, 2.24) is 19.2 Å². The molecule has 1 fully saturated rings. The highest BCUT2D eigenvalue weighted by Gasteiger charge is 2.32. The maximum atomic E-state index is 13.3. The number of amides is 1. The van der Waals surface area contributed by atoms with Gasteiger partial charge in [-0.3, -0.25) is 4.79 Å². The summed E-state index contributed by atoms with van der Waals surface area (Å²) in [5.74, 6) is -0.822. The molecule has 1 unspecified atom stereocenters. The molecule has 3 rings (SSSR count). The second-order valence-corrected chi connectivity index (χ2v) is 10.4. The highest BCUT2D eigenvalue weighted by Crippen LogP contribution is 2.31. The zero-order valence-corrected chi connectivity index (χ0v) is 20.3. The number of nitrogens with two attached hydrogens (primary N) is 1. The van der Waals surface area contributed by atoms with Crippen molar-refractivity contribution in [2.45, 2.75) is 36.7 Å². The Balaban J connectivity index is 1.85. The lowest BCUT2D eigenvalue weighted by Crippen LogP contribution is -2.51. The minimum Gasteiger partial charge on any atom is -0.396 e. The molecule has 1 aromatic carbocycles. The number of carbonyl (C=O) groups is 1. The molecular formula is C19H24Cl2N6O6S. The van der Waals surface area contributed by atoms with E-state index in [1.807, 2.05) is 0 Å². The quantitative estimate of drug-likeness (QED) is 0.247. The zero-order valence-electron chi connectivity index (χ0n) is 17.9. The summed E-state index contributed by atoms with van der Waals surface area (Å²) >= 11 is 12.0. The van der Waals surface area contributed by atoms with E-state index < -0.39 is 32.8 Å². The van der Waals surface area contributed by atoms with Gasteiger partial charge in [-0.15, -0.1) is 0 Å². The Kier molecular flexibility index (Phi) is 8.36. The molecule has 0 saturated carbocycles. The summed E-state index contributed by atoms with van der Waals surface area (Å²) in [6.45, 7) is 0.687. The number of aryl methyl sites for hydroxylation is 1. The van der Waals surface area contributed by atoms with Crippen LogP contribution in [0.15, 0.2) is 29.4 Å². The molecule has 1 aromatic heterocycles. The number of halogens is 2. The molecule has 0 bridgehead atoms. The summed E-state index contributed by atoms with van der Waals surface area (Å²) in [4.78, 5) is 28.7. The molecule has 1 aliphatic heterocycles. The number of nitrogens with zero attached hydrogens (tertiary/aromatic N) is 4. The predicted octanol–water partition coefficient (Wildman–Crippen LogP) is 1.65. The number of anilines is 1. The SMILES string of the molecule is Nc1c(Cl)cc(S(=O)(=O)NC(CCn2ccnc2[N+](=O)[O-])C(=O)N2CCC(CO)CC2)cc1Cl. The van der Waals surface area contributed by atoms with Crippen LogP contribution < -0.4 is 10.5 Å². The molecular weight excluding hydrogens is 511 g/mol. The molecule has 1 amide bonds. The van der Waals surface area contributed by atoms with Gasteiger partial charge in [0.2, 0.25) is 15.9 Å². The number of benzene rings is 1. The molecule has 1 aliphatic rings. The number of carbonyl (C=O) groups excluding carboxylic acids is 1. The largest absolute Gasteiger partial charge is 0.434 e. The fourth-order valence-electron chi connectivity index (χ4n) is 3.68.